The molecule has 0 bridgehead atoms. The molecule has 1 fully saturated rings. The lowest BCUT2D eigenvalue weighted by Crippen LogP contribution is -2.49. The Hall–Kier alpha value is -0.910. The quantitative estimate of drug-likeness (QED) is 0.911. The van der Waals surface area contributed by atoms with Crippen LogP contribution in [0.1, 0.15) is 48.0 Å². The molecule has 1 aliphatic carbocycles. The molecule has 4 nitrogen and oxygen atoms in total. The summed E-state index contributed by atoms with van der Waals surface area (Å²) in [5, 5.41) is 11.1. The fraction of sp³-hybridized carbons (Fsp3) is 0.737. The van der Waals surface area contributed by atoms with Crippen LogP contribution in [0, 0.1) is 11.3 Å². The van der Waals surface area contributed by atoms with Gasteiger partial charge in [0, 0.05) is 43.0 Å². The molecule has 1 aliphatic heterocycles. The van der Waals surface area contributed by atoms with Crippen molar-refractivity contribution in [3.63, 3.8) is 0 Å². The molecule has 0 aromatic carbocycles. The van der Waals surface area contributed by atoms with Gasteiger partial charge in [-0.1, -0.05) is 20.8 Å². The third kappa shape index (κ3) is 3.68. The average Bonchev–Trinajstić information content (AvgIpc) is 2.97. The van der Waals surface area contributed by atoms with Gasteiger partial charge in [-0.25, -0.2) is 0 Å². The summed E-state index contributed by atoms with van der Waals surface area (Å²) in [5.74, 6) is 0.930. The standard InChI is InChI=1S/C19H30N2O2S/c1-19(2,3)14-4-5-15-16(13-24-17(15)12-14)18(23)21-8-6-20(7-9-21)10-11-22/h13-14,22H,4-12H2,1-3H3. The number of thiophene rings is 1. The number of aliphatic hydroxyl groups excluding tert-OH is 1. The highest BCUT2D eigenvalue weighted by atomic mass is 32.1. The van der Waals surface area contributed by atoms with E-state index in [1.54, 1.807) is 11.3 Å². The molecule has 1 aromatic heterocycles. The average molecular weight is 351 g/mol. The summed E-state index contributed by atoms with van der Waals surface area (Å²) in [6.45, 7) is 11.2. The first kappa shape index (κ1) is 17.9. The lowest BCUT2D eigenvalue weighted by atomic mass is 9.72. The minimum absolute atomic E-state index is 0.195. The zero-order valence-corrected chi connectivity index (χ0v) is 16.0. The van der Waals surface area contributed by atoms with E-state index in [2.05, 4.69) is 31.1 Å². The maximum absolute atomic E-state index is 12.9. The molecule has 0 saturated carbocycles. The second kappa shape index (κ2) is 7.14. The van der Waals surface area contributed by atoms with Crippen LogP contribution in [0.2, 0.25) is 0 Å². The SMILES string of the molecule is CC(C)(C)C1CCc2c(C(=O)N3CCN(CCO)CC3)csc2C1. The van der Waals surface area contributed by atoms with Crippen molar-refractivity contribution in [2.45, 2.75) is 40.0 Å². The molecule has 1 N–H and O–H groups in total. The Morgan fingerprint density at radius 1 is 1.29 bits per heavy atom. The molecule has 3 rings (SSSR count). The van der Waals surface area contributed by atoms with Gasteiger partial charge in [-0.3, -0.25) is 9.69 Å². The largest absolute Gasteiger partial charge is 0.395 e. The van der Waals surface area contributed by atoms with Crippen molar-refractivity contribution in [3.05, 3.63) is 21.4 Å². The van der Waals surface area contributed by atoms with E-state index in [4.69, 9.17) is 5.11 Å². The van der Waals surface area contributed by atoms with Crippen molar-refractivity contribution in [2.24, 2.45) is 11.3 Å². The molecule has 0 radical (unpaired) electrons. The van der Waals surface area contributed by atoms with Crippen LogP contribution >= 0.6 is 11.3 Å². The molecule has 134 valence electrons. The van der Waals surface area contributed by atoms with E-state index < -0.39 is 0 Å². The predicted molar refractivity (Wildman–Crippen MR) is 98.7 cm³/mol. The Morgan fingerprint density at radius 2 is 2.00 bits per heavy atom. The van der Waals surface area contributed by atoms with E-state index in [-0.39, 0.29) is 12.5 Å². The molecule has 5 heteroatoms. The van der Waals surface area contributed by atoms with E-state index in [9.17, 15) is 4.79 Å². The fourth-order valence-corrected chi connectivity index (χ4v) is 5.07. The fourth-order valence-electron chi connectivity index (χ4n) is 3.92. The third-order valence-corrected chi connectivity index (χ3v) is 6.74. The molecule has 24 heavy (non-hydrogen) atoms. The van der Waals surface area contributed by atoms with Crippen LogP contribution in [0.15, 0.2) is 5.38 Å². The van der Waals surface area contributed by atoms with Gasteiger partial charge in [0.1, 0.15) is 0 Å². The Labute approximate surface area is 149 Å². The number of hydrogen-bond acceptors (Lipinski definition) is 4. The third-order valence-electron chi connectivity index (χ3n) is 5.69. The van der Waals surface area contributed by atoms with Gasteiger partial charge in [0.05, 0.1) is 12.2 Å². The number of piperazine rings is 1. The Bertz CT molecular complexity index is 583. The van der Waals surface area contributed by atoms with E-state index in [1.807, 2.05) is 4.90 Å². The summed E-state index contributed by atoms with van der Waals surface area (Å²) in [6, 6.07) is 0. The normalized spacial score (nSPS) is 22.5. The highest BCUT2D eigenvalue weighted by molar-refractivity contribution is 7.10. The first-order valence-corrected chi connectivity index (χ1v) is 10.00. The van der Waals surface area contributed by atoms with Gasteiger partial charge >= 0.3 is 0 Å². The lowest BCUT2D eigenvalue weighted by Gasteiger charge is -2.35. The molecular weight excluding hydrogens is 320 g/mol. The summed E-state index contributed by atoms with van der Waals surface area (Å²) in [5.41, 5.74) is 2.62. The van der Waals surface area contributed by atoms with Crippen LogP contribution in [0.4, 0.5) is 0 Å². The Morgan fingerprint density at radius 3 is 2.62 bits per heavy atom. The molecule has 1 unspecified atom stereocenters. The smallest absolute Gasteiger partial charge is 0.255 e. The number of fused-ring (bicyclic) bond motifs is 1. The summed E-state index contributed by atoms with van der Waals surface area (Å²) in [7, 11) is 0. The van der Waals surface area contributed by atoms with Gasteiger partial charge in [0.2, 0.25) is 0 Å². The predicted octanol–water partition coefficient (Wildman–Crippen LogP) is 2.65. The van der Waals surface area contributed by atoms with Crippen LogP contribution in [0.3, 0.4) is 0 Å². The zero-order chi connectivity index (χ0) is 17.3. The highest BCUT2D eigenvalue weighted by Gasteiger charge is 2.33. The van der Waals surface area contributed by atoms with E-state index >= 15 is 0 Å². The molecule has 1 atom stereocenters. The maximum atomic E-state index is 12.9. The van der Waals surface area contributed by atoms with Crippen LogP contribution in [-0.2, 0) is 12.8 Å². The molecule has 1 amide bonds. The van der Waals surface area contributed by atoms with E-state index in [0.717, 1.165) is 44.6 Å². The van der Waals surface area contributed by atoms with Crippen molar-refractivity contribution in [3.8, 4) is 0 Å². The highest BCUT2D eigenvalue weighted by Crippen LogP contribution is 2.40. The van der Waals surface area contributed by atoms with Crippen molar-refractivity contribution in [1.29, 1.82) is 0 Å². The number of amides is 1. The summed E-state index contributed by atoms with van der Waals surface area (Å²) in [6.07, 6.45) is 3.37. The number of β-amino-alcohol motifs (C(OH)–C–C–N with tert-alkyl or cyclic N) is 1. The monoisotopic (exact) mass is 350 g/mol. The number of carbonyl (C=O) groups excluding carboxylic acids is 1. The van der Waals surface area contributed by atoms with Crippen LogP contribution in [0.25, 0.3) is 0 Å². The number of nitrogens with zero attached hydrogens (tertiary/aromatic N) is 2. The number of aliphatic hydroxyl groups is 1. The zero-order valence-electron chi connectivity index (χ0n) is 15.2. The van der Waals surface area contributed by atoms with Gasteiger partial charge in [-0.05, 0) is 36.2 Å². The van der Waals surface area contributed by atoms with E-state index in [0.29, 0.717) is 17.9 Å². The summed E-state index contributed by atoms with van der Waals surface area (Å²) in [4.78, 5) is 18.6. The molecular formula is C19H30N2O2S. The van der Waals surface area contributed by atoms with Crippen molar-refractivity contribution >= 4 is 17.2 Å². The van der Waals surface area contributed by atoms with Gasteiger partial charge < -0.3 is 10.0 Å². The minimum atomic E-state index is 0.195. The molecule has 2 heterocycles. The lowest BCUT2D eigenvalue weighted by molar-refractivity contribution is 0.0614. The van der Waals surface area contributed by atoms with Crippen molar-refractivity contribution in [2.75, 3.05) is 39.3 Å². The summed E-state index contributed by atoms with van der Waals surface area (Å²) >= 11 is 1.78. The Kier molecular flexibility index (Phi) is 5.33. The number of hydrogen-bond donors (Lipinski definition) is 1. The van der Waals surface area contributed by atoms with Gasteiger partial charge in [-0.15, -0.1) is 11.3 Å². The van der Waals surface area contributed by atoms with Crippen molar-refractivity contribution < 1.29 is 9.90 Å². The first-order chi connectivity index (χ1) is 11.4. The van der Waals surface area contributed by atoms with Gasteiger partial charge in [0.25, 0.3) is 5.91 Å². The maximum Gasteiger partial charge on any atom is 0.255 e. The van der Waals surface area contributed by atoms with E-state index in [1.165, 1.54) is 16.9 Å². The van der Waals surface area contributed by atoms with Crippen LogP contribution in [0.5, 0.6) is 0 Å². The van der Waals surface area contributed by atoms with Crippen LogP contribution < -0.4 is 0 Å². The number of carbonyl (C=O) groups is 1. The van der Waals surface area contributed by atoms with Gasteiger partial charge in [0.15, 0.2) is 0 Å². The second-order valence-corrected chi connectivity index (χ2v) is 9.18. The van der Waals surface area contributed by atoms with Gasteiger partial charge in [-0.2, -0.15) is 0 Å². The first-order valence-electron chi connectivity index (χ1n) is 9.12. The molecule has 0 spiro atoms. The minimum Gasteiger partial charge on any atom is -0.395 e. The molecule has 2 aliphatic rings. The van der Waals surface area contributed by atoms with Crippen molar-refractivity contribution in [1.82, 2.24) is 9.80 Å². The summed E-state index contributed by atoms with van der Waals surface area (Å²) < 4.78 is 0. The Balaban J connectivity index is 1.67. The van der Waals surface area contributed by atoms with Crippen LogP contribution in [-0.4, -0.2) is 60.1 Å². The topological polar surface area (TPSA) is 43.8 Å². The molecule has 1 aromatic rings. The second-order valence-electron chi connectivity index (χ2n) is 8.21. The molecule has 1 saturated heterocycles. The number of rotatable bonds is 3.